The molecule has 0 spiro atoms. The Hall–Kier alpha value is -0.570. The Bertz CT molecular complexity index is 299. The van der Waals surface area contributed by atoms with Crippen molar-refractivity contribution < 1.29 is 4.79 Å². The number of hydrogen-bond donors (Lipinski definition) is 1. The van der Waals surface area contributed by atoms with E-state index in [1.165, 1.54) is 32.1 Å². The van der Waals surface area contributed by atoms with Crippen LogP contribution in [0, 0.1) is 5.92 Å². The van der Waals surface area contributed by atoms with Crippen LogP contribution in [0.4, 0.5) is 0 Å². The molecule has 1 heterocycles. The van der Waals surface area contributed by atoms with Gasteiger partial charge in [-0.05, 0) is 38.5 Å². The standard InChI is InChI=1S/C15H28N2O/c1-4-13(12-9-7-6-8-10-12)17-11-16-15(3,5-2)14(17)18/h12-13,16H,4-11H2,1-3H3. The minimum atomic E-state index is -0.317. The van der Waals surface area contributed by atoms with Gasteiger partial charge in [0.15, 0.2) is 0 Å². The summed E-state index contributed by atoms with van der Waals surface area (Å²) < 4.78 is 0. The zero-order chi connectivity index (χ0) is 13.2. The van der Waals surface area contributed by atoms with Crippen molar-refractivity contribution in [2.45, 2.75) is 77.3 Å². The minimum absolute atomic E-state index is 0.317. The van der Waals surface area contributed by atoms with Gasteiger partial charge in [0.2, 0.25) is 5.91 Å². The number of rotatable bonds is 4. The molecular weight excluding hydrogens is 224 g/mol. The fourth-order valence-electron chi connectivity index (χ4n) is 3.60. The topological polar surface area (TPSA) is 32.3 Å². The lowest BCUT2D eigenvalue weighted by molar-refractivity contribution is -0.135. The summed E-state index contributed by atoms with van der Waals surface area (Å²) in [5, 5.41) is 3.41. The maximum atomic E-state index is 12.6. The van der Waals surface area contributed by atoms with Crippen molar-refractivity contribution >= 4 is 5.91 Å². The molecule has 2 atom stereocenters. The molecule has 1 saturated carbocycles. The summed E-state index contributed by atoms with van der Waals surface area (Å²) in [5.41, 5.74) is -0.317. The van der Waals surface area contributed by atoms with E-state index in [4.69, 9.17) is 0 Å². The van der Waals surface area contributed by atoms with E-state index in [0.29, 0.717) is 11.9 Å². The van der Waals surface area contributed by atoms with E-state index >= 15 is 0 Å². The molecule has 0 radical (unpaired) electrons. The fraction of sp³-hybridized carbons (Fsp3) is 0.933. The first-order valence-corrected chi connectivity index (χ1v) is 7.68. The largest absolute Gasteiger partial charge is 0.325 e. The molecule has 1 N–H and O–H groups in total. The smallest absolute Gasteiger partial charge is 0.243 e. The van der Waals surface area contributed by atoms with Crippen LogP contribution in [0.2, 0.25) is 0 Å². The molecule has 2 aliphatic rings. The molecule has 1 saturated heterocycles. The van der Waals surface area contributed by atoms with Crippen molar-refractivity contribution in [3.63, 3.8) is 0 Å². The van der Waals surface area contributed by atoms with E-state index in [1.54, 1.807) is 0 Å². The van der Waals surface area contributed by atoms with Crippen LogP contribution in [0.1, 0.15) is 65.7 Å². The Kier molecular flexibility index (Phi) is 4.31. The summed E-state index contributed by atoms with van der Waals surface area (Å²) in [6, 6.07) is 0.457. The Morgan fingerprint density at radius 2 is 2.00 bits per heavy atom. The second-order valence-corrected chi connectivity index (χ2v) is 6.17. The third-order valence-electron chi connectivity index (χ3n) is 5.09. The quantitative estimate of drug-likeness (QED) is 0.834. The first kappa shape index (κ1) is 13.9. The van der Waals surface area contributed by atoms with Gasteiger partial charge in [-0.25, -0.2) is 0 Å². The van der Waals surface area contributed by atoms with Crippen molar-refractivity contribution in [3.8, 4) is 0 Å². The van der Waals surface area contributed by atoms with E-state index in [9.17, 15) is 4.79 Å². The predicted molar refractivity (Wildman–Crippen MR) is 74.2 cm³/mol. The third-order valence-corrected chi connectivity index (χ3v) is 5.09. The molecule has 2 fully saturated rings. The van der Waals surface area contributed by atoms with Gasteiger partial charge >= 0.3 is 0 Å². The molecule has 18 heavy (non-hydrogen) atoms. The van der Waals surface area contributed by atoms with Crippen LogP contribution in [-0.2, 0) is 4.79 Å². The molecule has 0 bridgehead atoms. The summed E-state index contributed by atoms with van der Waals surface area (Å²) in [4.78, 5) is 14.7. The Morgan fingerprint density at radius 3 is 2.50 bits per heavy atom. The first-order valence-electron chi connectivity index (χ1n) is 7.68. The number of carbonyl (C=O) groups is 1. The molecular formula is C15H28N2O. The maximum absolute atomic E-state index is 12.6. The zero-order valence-electron chi connectivity index (χ0n) is 12.2. The number of nitrogens with zero attached hydrogens (tertiary/aromatic N) is 1. The van der Waals surface area contributed by atoms with E-state index in [2.05, 4.69) is 24.1 Å². The molecule has 1 aliphatic carbocycles. The first-order chi connectivity index (χ1) is 8.62. The van der Waals surface area contributed by atoms with E-state index in [1.807, 2.05) is 6.92 Å². The average Bonchev–Trinajstić information content (AvgIpc) is 2.70. The van der Waals surface area contributed by atoms with Crippen molar-refractivity contribution in [1.82, 2.24) is 10.2 Å². The molecule has 3 nitrogen and oxygen atoms in total. The lowest BCUT2D eigenvalue weighted by atomic mass is 9.82. The number of carbonyl (C=O) groups excluding carboxylic acids is 1. The molecule has 0 aromatic carbocycles. The zero-order valence-corrected chi connectivity index (χ0v) is 12.2. The number of hydrogen-bond acceptors (Lipinski definition) is 2. The molecule has 0 aromatic heterocycles. The van der Waals surface area contributed by atoms with E-state index in [-0.39, 0.29) is 5.54 Å². The van der Waals surface area contributed by atoms with E-state index < -0.39 is 0 Å². The van der Waals surface area contributed by atoms with Gasteiger partial charge in [-0.1, -0.05) is 33.1 Å². The van der Waals surface area contributed by atoms with E-state index in [0.717, 1.165) is 25.4 Å². The molecule has 2 rings (SSSR count). The van der Waals surface area contributed by atoms with Gasteiger partial charge in [-0.2, -0.15) is 0 Å². The normalized spacial score (nSPS) is 31.9. The van der Waals surface area contributed by atoms with Gasteiger partial charge in [0.05, 0.1) is 12.2 Å². The van der Waals surface area contributed by atoms with Crippen molar-refractivity contribution in [2.24, 2.45) is 5.92 Å². The van der Waals surface area contributed by atoms with Crippen LogP contribution in [0.15, 0.2) is 0 Å². The van der Waals surface area contributed by atoms with Crippen molar-refractivity contribution in [3.05, 3.63) is 0 Å². The molecule has 1 aliphatic heterocycles. The van der Waals surface area contributed by atoms with Crippen LogP contribution >= 0.6 is 0 Å². The van der Waals surface area contributed by atoms with Crippen LogP contribution in [0.25, 0.3) is 0 Å². The second kappa shape index (κ2) is 5.60. The summed E-state index contributed by atoms with van der Waals surface area (Å²) in [6.07, 6.45) is 8.67. The monoisotopic (exact) mass is 252 g/mol. The Balaban J connectivity index is 2.07. The van der Waals surface area contributed by atoms with Gasteiger partial charge < -0.3 is 4.90 Å². The second-order valence-electron chi connectivity index (χ2n) is 6.17. The maximum Gasteiger partial charge on any atom is 0.243 e. The van der Waals surface area contributed by atoms with Gasteiger partial charge in [0.1, 0.15) is 0 Å². The fourth-order valence-corrected chi connectivity index (χ4v) is 3.60. The SMILES string of the molecule is CCC(C1CCCCC1)N1CNC(C)(CC)C1=O. The van der Waals surface area contributed by atoms with Gasteiger partial charge in [-0.3, -0.25) is 10.1 Å². The lowest BCUT2D eigenvalue weighted by Crippen LogP contribution is -2.47. The summed E-state index contributed by atoms with van der Waals surface area (Å²) in [7, 11) is 0. The van der Waals surface area contributed by atoms with Gasteiger partial charge in [0.25, 0.3) is 0 Å². The summed E-state index contributed by atoms with van der Waals surface area (Å²) in [6.45, 7) is 7.12. The molecule has 3 heteroatoms. The molecule has 1 amide bonds. The van der Waals surface area contributed by atoms with Crippen LogP contribution in [0.5, 0.6) is 0 Å². The highest BCUT2D eigenvalue weighted by Crippen LogP contribution is 2.33. The van der Waals surface area contributed by atoms with Crippen LogP contribution < -0.4 is 5.32 Å². The number of nitrogens with one attached hydrogen (secondary N) is 1. The number of amides is 1. The minimum Gasteiger partial charge on any atom is -0.325 e. The Labute approximate surface area is 111 Å². The average molecular weight is 252 g/mol. The van der Waals surface area contributed by atoms with Crippen molar-refractivity contribution in [2.75, 3.05) is 6.67 Å². The molecule has 0 aromatic rings. The predicted octanol–water partition coefficient (Wildman–Crippen LogP) is 2.90. The third kappa shape index (κ3) is 2.42. The van der Waals surface area contributed by atoms with Crippen LogP contribution in [-0.4, -0.2) is 29.1 Å². The van der Waals surface area contributed by atoms with Crippen molar-refractivity contribution in [1.29, 1.82) is 0 Å². The highest BCUT2D eigenvalue weighted by atomic mass is 16.2. The summed E-state index contributed by atoms with van der Waals surface area (Å²) >= 11 is 0. The highest BCUT2D eigenvalue weighted by Gasteiger charge is 2.44. The van der Waals surface area contributed by atoms with Gasteiger partial charge in [0, 0.05) is 6.04 Å². The summed E-state index contributed by atoms with van der Waals surface area (Å²) in [5.74, 6) is 1.05. The Morgan fingerprint density at radius 1 is 1.33 bits per heavy atom. The lowest BCUT2D eigenvalue weighted by Gasteiger charge is -2.36. The molecule has 104 valence electrons. The molecule has 2 unspecified atom stereocenters. The highest BCUT2D eigenvalue weighted by molar-refractivity contribution is 5.88. The van der Waals surface area contributed by atoms with Gasteiger partial charge in [-0.15, -0.1) is 0 Å². The van der Waals surface area contributed by atoms with Crippen LogP contribution in [0.3, 0.4) is 0 Å².